The molecule has 116 valence electrons. The summed E-state index contributed by atoms with van der Waals surface area (Å²) in [5.41, 5.74) is 3.53. The summed E-state index contributed by atoms with van der Waals surface area (Å²) in [5.74, 6) is 0.513. The van der Waals surface area contributed by atoms with Crippen LogP contribution in [-0.4, -0.2) is 60.6 Å². The summed E-state index contributed by atoms with van der Waals surface area (Å²) < 4.78 is 0.799. The predicted molar refractivity (Wildman–Crippen MR) is 87.3 cm³/mol. The van der Waals surface area contributed by atoms with Crippen LogP contribution in [0.3, 0.4) is 0 Å². The molecule has 2 N–H and O–H groups in total. The summed E-state index contributed by atoms with van der Waals surface area (Å²) in [6.07, 6.45) is 2.68. The third-order valence-corrected chi connectivity index (χ3v) is 3.84. The Morgan fingerprint density at radius 1 is 1.38 bits per heavy atom. The molecule has 0 aromatic carbocycles. The largest absolute Gasteiger partial charge is 0.369 e. The first-order valence-corrected chi connectivity index (χ1v) is 8.03. The van der Waals surface area contributed by atoms with Crippen LogP contribution in [0, 0.1) is 0 Å². The molecule has 1 aromatic rings. The molecule has 1 aliphatic rings. The fraction of sp³-hybridized carbons (Fsp3) is 0.571. The number of hydrogen-bond donors (Lipinski definition) is 2. The van der Waals surface area contributed by atoms with E-state index < -0.39 is 0 Å². The number of hydrazine groups is 1. The van der Waals surface area contributed by atoms with Gasteiger partial charge < -0.3 is 10.2 Å². The van der Waals surface area contributed by atoms with Gasteiger partial charge in [-0.05, 0) is 35.5 Å². The van der Waals surface area contributed by atoms with Crippen molar-refractivity contribution in [2.45, 2.75) is 13.3 Å². The quantitative estimate of drug-likeness (QED) is 0.839. The first-order valence-electron chi connectivity index (χ1n) is 7.24. The molecule has 6 nitrogen and oxygen atoms in total. The molecule has 1 aromatic heterocycles. The van der Waals surface area contributed by atoms with Gasteiger partial charge in [-0.2, -0.15) is 0 Å². The highest BCUT2D eigenvalue weighted by molar-refractivity contribution is 9.10. The summed E-state index contributed by atoms with van der Waals surface area (Å²) in [4.78, 5) is 19.0. The number of rotatable bonds is 5. The van der Waals surface area contributed by atoms with Gasteiger partial charge in [0, 0.05) is 43.4 Å². The third kappa shape index (κ3) is 4.66. The lowest BCUT2D eigenvalue weighted by Gasteiger charge is -2.32. The zero-order chi connectivity index (χ0) is 15.2. The fourth-order valence-corrected chi connectivity index (χ4v) is 2.45. The van der Waals surface area contributed by atoms with Gasteiger partial charge in [-0.25, -0.2) is 9.99 Å². The zero-order valence-corrected chi connectivity index (χ0v) is 14.1. The Morgan fingerprint density at radius 3 is 2.76 bits per heavy atom. The normalized spacial score (nSPS) is 16.7. The van der Waals surface area contributed by atoms with Crippen LogP contribution in [0.25, 0.3) is 0 Å². The van der Waals surface area contributed by atoms with Crippen LogP contribution in [0.4, 0.5) is 5.82 Å². The average molecular weight is 356 g/mol. The van der Waals surface area contributed by atoms with Gasteiger partial charge in [0.1, 0.15) is 5.82 Å². The minimum atomic E-state index is -0.119. The third-order valence-electron chi connectivity index (χ3n) is 3.40. The maximum Gasteiger partial charge on any atom is 0.269 e. The number of nitrogens with one attached hydrogen (secondary N) is 2. The molecule has 0 saturated carbocycles. The zero-order valence-electron chi connectivity index (χ0n) is 12.5. The second kappa shape index (κ2) is 7.72. The molecule has 7 heteroatoms. The number of nitrogens with zero attached hydrogens (tertiary/aromatic N) is 3. The molecule has 0 atom stereocenters. The number of piperazine rings is 1. The fourth-order valence-electron chi connectivity index (χ4n) is 2.12. The van der Waals surface area contributed by atoms with Crippen molar-refractivity contribution in [1.29, 1.82) is 0 Å². The topological polar surface area (TPSA) is 60.5 Å². The first-order chi connectivity index (χ1) is 10.1. The summed E-state index contributed by atoms with van der Waals surface area (Å²) in [6.45, 7) is 6.46. The lowest BCUT2D eigenvalue weighted by molar-refractivity contribution is 0.0663. The molecule has 0 unspecified atom stereocenters. The van der Waals surface area contributed by atoms with E-state index in [-0.39, 0.29) is 5.91 Å². The lowest BCUT2D eigenvalue weighted by Crippen LogP contribution is -2.52. The molecule has 0 radical (unpaired) electrons. The van der Waals surface area contributed by atoms with E-state index in [1.807, 2.05) is 5.01 Å². The van der Waals surface area contributed by atoms with Gasteiger partial charge in [0.15, 0.2) is 0 Å². The van der Waals surface area contributed by atoms with E-state index in [0.717, 1.165) is 43.6 Å². The van der Waals surface area contributed by atoms with Crippen LogP contribution < -0.4 is 10.7 Å². The van der Waals surface area contributed by atoms with Crippen molar-refractivity contribution in [3.05, 3.63) is 22.3 Å². The number of anilines is 1. The molecule has 0 spiro atoms. The Labute approximate surface area is 134 Å². The summed E-state index contributed by atoms with van der Waals surface area (Å²) in [5, 5.41) is 5.16. The van der Waals surface area contributed by atoms with E-state index in [1.165, 1.54) is 0 Å². The van der Waals surface area contributed by atoms with Crippen LogP contribution in [0.1, 0.15) is 23.7 Å². The van der Waals surface area contributed by atoms with Crippen LogP contribution >= 0.6 is 15.9 Å². The molecule has 1 saturated heterocycles. The predicted octanol–water partition coefficient (Wildman–Crippen LogP) is 1.56. The van der Waals surface area contributed by atoms with Crippen molar-refractivity contribution in [3.8, 4) is 0 Å². The number of halogens is 1. The Hall–Kier alpha value is -1.18. The smallest absolute Gasteiger partial charge is 0.269 e. The van der Waals surface area contributed by atoms with Crippen LogP contribution in [0.15, 0.2) is 16.7 Å². The molecular weight excluding hydrogens is 334 g/mol. The summed E-state index contributed by atoms with van der Waals surface area (Å²) in [7, 11) is 2.09. The SMILES string of the molecule is CCCNc1ncc(Br)cc1C(=O)NN1CCN(C)CC1. The molecule has 0 aliphatic carbocycles. The van der Waals surface area contributed by atoms with E-state index in [4.69, 9.17) is 0 Å². The Bertz CT molecular complexity index is 488. The molecule has 2 rings (SSSR count). The van der Waals surface area contributed by atoms with Crippen molar-refractivity contribution in [2.24, 2.45) is 0 Å². The van der Waals surface area contributed by atoms with Gasteiger partial charge in [-0.1, -0.05) is 6.92 Å². The Balaban J connectivity index is 2.05. The van der Waals surface area contributed by atoms with Gasteiger partial charge in [0.2, 0.25) is 0 Å². The number of carbonyl (C=O) groups is 1. The molecule has 2 heterocycles. The number of hydrogen-bond acceptors (Lipinski definition) is 5. The van der Waals surface area contributed by atoms with Gasteiger partial charge >= 0.3 is 0 Å². The Morgan fingerprint density at radius 2 is 2.10 bits per heavy atom. The van der Waals surface area contributed by atoms with E-state index in [0.29, 0.717) is 11.4 Å². The summed E-state index contributed by atoms with van der Waals surface area (Å²) >= 11 is 3.38. The van der Waals surface area contributed by atoms with Crippen LogP contribution in [0.5, 0.6) is 0 Å². The van der Waals surface area contributed by atoms with E-state index in [1.54, 1.807) is 12.3 Å². The number of amides is 1. The van der Waals surface area contributed by atoms with Gasteiger partial charge in [-0.15, -0.1) is 0 Å². The average Bonchev–Trinajstić information content (AvgIpc) is 2.48. The monoisotopic (exact) mass is 355 g/mol. The first kappa shape index (κ1) is 16.2. The standard InChI is InChI=1S/C14H22BrN5O/c1-3-4-16-13-12(9-11(15)10-17-13)14(21)18-20-7-5-19(2)6-8-20/h9-10H,3-8H2,1-2H3,(H,16,17)(H,18,21). The van der Waals surface area contributed by atoms with Gasteiger partial charge in [-0.3, -0.25) is 10.2 Å². The highest BCUT2D eigenvalue weighted by Gasteiger charge is 2.19. The van der Waals surface area contributed by atoms with E-state index >= 15 is 0 Å². The van der Waals surface area contributed by atoms with E-state index in [2.05, 4.69) is 50.5 Å². The number of pyridine rings is 1. The second-order valence-electron chi connectivity index (χ2n) is 5.21. The number of aromatic nitrogens is 1. The molecule has 21 heavy (non-hydrogen) atoms. The van der Waals surface area contributed by atoms with Crippen molar-refractivity contribution in [1.82, 2.24) is 20.3 Å². The maximum atomic E-state index is 12.5. The van der Waals surface area contributed by atoms with Gasteiger partial charge in [0.25, 0.3) is 5.91 Å². The number of likely N-dealkylation sites (N-methyl/N-ethyl adjacent to an activating group) is 1. The Kier molecular flexibility index (Phi) is 5.96. The van der Waals surface area contributed by atoms with Crippen LogP contribution in [-0.2, 0) is 0 Å². The van der Waals surface area contributed by atoms with E-state index in [9.17, 15) is 4.79 Å². The molecule has 1 aliphatic heterocycles. The van der Waals surface area contributed by atoms with Crippen molar-refractivity contribution < 1.29 is 4.79 Å². The maximum absolute atomic E-state index is 12.5. The molecule has 1 amide bonds. The molecule has 1 fully saturated rings. The highest BCUT2D eigenvalue weighted by atomic mass is 79.9. The molecular formula is C14H22BrN5O. The minimum Gasteiger partial charge on any atom is -0.369 e. The van der Waals surface area contributed by atoms with Crippen molar-refractivity contribution >= 4 is 27.7 Å². The molecule has 0 bridgehead atoms. The minimum absolute atomic E-state index is 0.119. The van der Waals surface area contributed by atoms with Crippen molar-refractivity contribution in [3.63, 3.8) is 0 Å². The van der Waals surface area contributed by atoms with Crippen molar-refractivity contribution in [2.75, 3.05) is 45.1 Å². The summed E-state index contributed by atoms with van der Waals surface area (Å²) in [6, 6.07) is 1.80. The lowest BCUT2D eigenvalue weighted by atomic mass is 10.2. The second-order valence-corrected chi connectivity index (χ2v) is 6.12. The number of carbonyl (C=O) groups excluding carboxylic acids is 1. The van der Waals surface area contributed by atoms with Crippen LogP contribution in [0.2, 0.25) is 0 Å². The highest BCUT2D eigenvalue weighted by Crippen LogP contribution is 2.18. The van der Waals surface area contributed by atoms with Gasteiger partial charge in [0.05, 0.1) is 5.56 Å².